The van der Waals surface area contributed by atoms with Crippen molar-refractivity contribution in [2.45, 2.75) is 19.8 Å². The van der Waals surface area contributed by atoms with Gasteiger partial charge in [-0.15, -0.1) is 0 Å². The van der Waals surface area contributed by atoms with E-state index in [2.05, 4.69) is 11.9 Å². The van der Waals surface area contributed by atoms with Crippen LogP contribution < -0.4 is 0 Å². The molecule has 0 radical (unpaired) electrons. The standard InChI is InChI=1S/C10H15NO/c1-9(5-7-12)8-10-4-2-3-6-11-10/h2-4,6,9,12H,5,7-8H2,1H3/t9-/m1/s1. The number of pyridine rings is 1. The summed E-state index contributed by atoms with van der Waals surface area (Å²) in [6.45, 7) is 2.40. The van der Waals surface area contributed by atoms with Gasteiger partial charge in [-0.25, -0.2) is 0 Å². The molecule has 0 saturated heterocycles. The maximum absolute atomic E-state index is 8.69. The summed E-state index contributed by atoms with van der Waals surface area (Å²) >= 11 is 0. The Morgan fingerprint density at radius 3 is 2.92 bits per heavy atom. The first-order chi connectivity index (χ1) is 5.83. The van der Waals surface area contributed by atoms with Crippen LogP contribution in [0.2, 0.25) is 0 Å². The Morgan fingerprint density at radius 1 is 1.50 bits per heavy atom. The van der Waals surface area contributed by atoms with Crippen molar-refractivity contribution in [1.82, 2.24) is 4.98 Å². The van der Waals surface area contributed by atoms with Gasteiger partial charge < -0.3 is 5.11 Å². The number of rotatable bonds is 4. The average molecular weight is 165 g/mol. The Labute approximate surface area is 73.3 Å². The smallest absolute Gasteiger partial charge is 0.0433 e. The molecule has 0 aliphatic carbocycles. The number of aromatic nitrogens is 1. The van der Waals surface area contributed by atoms with Gasteiger partial charge in [0.1, 0.15) is 0 Å². The van der Waals surface area contributed by atoms with Crippen LogP contribution in [0, 0.1) is 5.92 Å². The Bertz CT molecular complexity index is 210. The van der Waals surface area contributed by atoms with Crippen molar-refractivity contribution < 1.29 is 5.11 Å². The zero-order valence-corrected chi connectivity index (χ0v) is 7.40. The van der Waals surface area contributed by atoms with Crippen LogP contribution in [-0.4, -0.2) is 16.7 Å². The fourth-order valence-corrected chi connectivity index (χ4v) is 1.20. The van der Waals surface area contributed by atoms with Crippen LogP contribution in [0.4, 0.5) is 0 Å². The van der Waals surface area contributed by atoms with Crippen molar-refractivity contribution >= 4 is 0 Å². The first-order valence-corrected chi connectivity index (χ1v) is 4.33. The molecule has 0 aliphatic rings. The molecule has 0 amide bonds. The molecule has 1 aromatic heterocycles. The zero-order chi connectivity index (χ0) is 8.81. The van der Waals surface area contributed by atoms with Crippen LogP contribution in [-0.2, 0) is 6.42 Å². The van der Waals surface area contributed by atoms with E-state index in [-0.39, 0.29) is 6.61 Å². The Balaban J connectivity index is 2.41. The molecule has 0 unspecified atom stereocenters. The lowest BCUT2D eigenvalue weighted by Gasteiger charge is -2.07. The fourth-order valence-electron chi connectivity index (χ4n) is 1.20. The van der Waals surface area contributed by atoms with Gasteiger partial charge in [0.2, 0.25) is 0 Å². The molecule has 1 heterocycles. The number of aliphatic hydroxyl groups excluding tert-OH is 1. The van der Waals surface area contributed by atoms with Crippen LogP contribution in [0.15, 0.2) is 24.4 Å². The molecule has 0 bridgehead atoms. The molecule has 0 aliphatic heterocycles. The largest absolute Gasteiger partial charge is 0.396 e. The van der Waals surface area contributed by atoms with Crippen LogP contribution in [0.3, 0.4) is 0 Å². The molecular weight excluding hydrogens is 150 g/mol. The van der Waals surface area contributed by atoms with Crippen molar-refractivity contribution in [2.24, 2.45) is 5.92 Å². The van der Waals surface area contributed by atoms with E-state index in [0.29, 0.717) is 5.92 Å². The third-order valence-electron chi connectivity index (χ3n) is 1.91. The predicted octanol–water partition coefficient (Wildman–Crippen LogP) is 1.64. The fraction of sp³-hybridized carbons (Fsp3) is 0.500. The highest BCUT2D eigenvalue weighted by Gasteiger charge is 2.02. The van der Waals surface area contributed by atoms with E-state index in [4.69, 9.17) is 5.11 Å². The minimum absolute atomic E-state index is 0.272. The van der Waals surface area contributed by atoms with Gasteiger partial charge >= 0.3 is 0 Å². The monoisotopic (exact) mass is 165 g/mol. The van der Waals surface area contributed by atoms with E-state index in [1.54, 1.807) is 6.20 Å². The van der Waals surface area contributed by atoms with E-state index in [1.165, 1.54) is 0 Å². The maximum atomic E-state index is 8.69. The molecule has 1 aromatic rings. The third kappa shape index (κ3) is 3.01. The molecule has 2 nitrogen and oxygen atoms in total. The summed E-state index contributed by atoms with van der Waals surface area (Å²) < 4.78 is 0. The van der Waals surface area contributed by atoms with Crippen molar-refractivity contribution in [3.63, 3.8) is 0 Å². The first kappa shape index (κ1) is 9.20. The van der Waals surface area contributed by atoms with Gasteiger partial charge in [0.15, 0.2) is 0 Å². The predicted molar refractivity (Wildman–Crippen MR) is 48.8 cm³/mol. The summed E-state index contributed by atoms with van der Waals surface area (Å²) in [6.07, 6.45) is 3.62. The first-order valence-electron chi connectivity index (χ1n) is 4.33. The summed E-state index contributed by atoms with van der Waals surface area (Å²) in [7, 11) is 0. The molecule has 2 heteroatoms. The Hall–Kier alpha value is -0.890. The van der Waals surface area contributed by atoms with Crippen LogP contribution in [0.5, 0.6) is 0 Å². The number of aliphatic hydroxyl groups is 1. The lowest BCUT2D eigenvalue weighted by molar-refractivity contribution is 0.262. The van der Waals surface area contributed by atoms with Gasteiger partial charge in [0.05, 0.1) is 0 Å². The molecule has 12 heavy (non-hydrogen) atoms. The normalized spacial score (nSPS) is 12.8. The molecule has 1 N–H and O–H groups in total. The average Bonchev–Trinajstić information content (AvgIpc) is 2.06. The molecule has 1 atom stereocenters. The van der Waals surface area contributed by atoms with Gasteiger partial charge in [0, 0.05) is 18.5 Å². The van der Waals surface area contributed by atoms with Crippen molar-refractivity contribution in [3.05, 3.63) is 30.1 Å². The van der Waals surface area contributed by atoms with E-state index in [0.717, 1.165) is 18.5 Å². The molecule has 66 valence electrons. The SMILES string of the molecule is C[C@H](CCO)Cc1ccccn1. The maximum Gasteiger partial charge on any atom is 0.0433 e. The molecule has 0 saturated carbocycles. The Morgan fingerprint density at radius 2 is 2.33 bits per heavy atom. The van der Waals surface area contributed by atoms with Gasteiger partial charge in [0.25, 0.3) is 0 Å². The van der Waals surface area contributed by atoms with Crippen LogP contribution >= 0.6 is 0 Å². The molecular formula is C10H15NO. The van der Waals surface area contributed by atoms with Crippen molar-refractivity contribution in [2.75, 3.05) is 6.61 Å². The highest BCUT2D eigenvalue weighted by atomic mass is 16.3. The zero-order valence-electron chi connectivity index (χ0n) is 7.40. The summed E-state index contributed by atoms with van der Waals surface area (Å²) in [4.78, 5) is 4.22. The molecule has 0 aromatic carbocycles. The summed E-state index contributed by atoms with van der Waals surface area (Å²) in [6, 6.07) is 5.93. The van der Waals surface area contributed by atoms with E-state index in [1.807, 2.05) is 18.2 Å². The third-order valence-corrected chi connectivity index (χ3v) is 1.91. The number of nitrogens with zero attached hydrogens (tertiary/aromatic N) is 1. The van der Waals surface area contributed by atoms with E-state index < -0.39 is 0 Å². The molecule has 0 fully saturated rings. The quantitative estimate of drug-likeness (QED) is 0.735. The minimum atomic E-state index is 0.272. The minimum Gasteiger partial charge on any atom is -0.396 e. The van der Waals surface area contributed by atoms with Crippen molar-refractivity contribution in [1.29, 1.82) is 0 Å². The summed E-state index contributed by atoms with van der Waals surface area (Å²) in [5, 5.41) is 8.69. The lowest BCUT2D eigenvalue weighted by Crippen LogP contribution is -2.03. The highest BCUT2D eigenvalue weighted by Crippen LogP contribution is 2.08. The highest BCUT2D eigenvalue weighted by molar-refractivity contribution is 5.03. The van der Waals surface area contributed by atoms with E-state index in [9.17, 15) is 0 Å². The number of hydrogen-bond acceptors (Lipinski definition) is 2. The van der Waals surface area contributed by atoms with Crippen LogP contribution in [0.1, 0.15) is 19.0 Å². The number of hydrogen-bond donors (Lipinski definition) is 1. The summed E-state index contributed by atoms with van der Waals surface area (Å²) in [5.74, 6) is 0.518. The second-order valence-electron chi connectivity index (χ2n) is 3.14. The summed E-state index contributed by atoms with van der Waals surface area (Å²) in [5.41, 5.74) is 1.11. The van der Waals surface area contributed by atoms with Gasteiger partial charge in [-0.2, -0.15) is 0 Å². The van der Waals surface area contributed by atoms with Gasteiger partial charge in [-0.05, 0) is 30.9 Å². The van der Waals surface area contributed by atoms with Gasteiger partial charge in [-0.1, -0.05) is 13.0 Å². The second kappa shape index (κ2) is 4.88. The molecule has 0 spiro atoms. The Kier molecular flexibility index (Phi) is 3.74. The topological polar surface area (TPSA) is 33.1 Å². The van der Waals surface area contributed by atoms with E-state index >= 15 is 0 Å². The molecule has 1 rings (SSSR count). The van der Waals surface area contributed by atoms with Crippen molar-refractivity contribution in [3.8, 4) is 0 Å². The lowest BCUT2D eigenvalue weighted by atomic mass is 10.0. The van der Waals surface area contributed by atoms with Crippen LogP contribution in [0.25, 0.3) is 0 Å². The van der Waals surface area contributed by atoms with Gasteiger partial charge in [-0.3, -0.25) is 4.98 Å². The second-order valence-corrected chi connectivity index (χ2v) is 3.14.